The highest BCUT2D eigenvalue weighted by atomic mass is 32.2. The van der Waals surface area contributed by atoms with Gasteiger partial charge >= 0.3 is 12.1 Å². The Morgan fingerprint density at radius 3 is 2.45 bits per heavy atom. The Hall–Kier alpha value is -5.11. The minimum absolute atomic E-state index is 0.00282. The first-order chi connectivity index (χ1) is 26.5. The summed E-state index contributed by atoms with van der Waals surface area (Å²) in [5.74, 6) is -1.57. The SMILES string of the molecule is C=CCON=C(C(=O)N[C@@H]1C(=O)N2C(C(=O)OC(c3ccccc3)c3ccccc3)=C(SCSc3cn[nH]n3)CS[C@@H]12)c1csc(NC(=O)OC(C)(C)C)n1. The van der Waals surface area contributed by atoms with Gasteiger partial charge in [-0.3, -0.25) is 19.8 Å². The molecule has 0 unspecified atom stereocenters. The average molecular weight is 821 g/mol. The first-order valence-corrected chi connectivity index (χ1v) is 20.6. The topological polar surface area (TPSA) is 190 Å². The molecule has 1 fully saturated rings. The monoisotopic (exact) mass is 820 g/mol. The first-order valence-electron chi connectivity index (χ1n) is 16.7. The maximum absolute atomic E-state index is 14.3. The fourth-order valence-electron chi connectivity index (χ4n) is 5.26. The number of aromatic nitrogens is 4. The molecule has 0 aliphatic carbocycles. The predicted molar refractivity (Wildman–Crippen MR) is 212 cm³/mol. The van der Waals surface area contributed by atoms with Crippen LogP contribution in [-0.2, 0) is 28.7 Å². The number of nitrogens with one attached hydrogen (secondary N) is 3. The predicted octanol–water partition coefficient (Wildman–Crippen LogP) is 5.94. The second-order valence-corrected chi connectivity index (χ2v) is 17.0. The third kappa shape index (κ3) is 9.96. The van der Waals surface area contributed by atoms with Crippen molar-refractivity contribution in [2.45, 2.75) is 48.9 Å². The summed E-state index contributed by atoms with van der Waals surface area (Å²) in [4.78, 5) is 66.0. The van der Waals surface area contributed by atoms with E-state index in [1.54, 1.807) is 27.0 Å². The third-order valence-corrected chi connectivity index (χ3v) is 11.9. The standard InChI is InChI=1S/C36H36N8O7S4/c1-5-16-49-42-26(23-18-53-34(38-23)40-35(48)51-36(2,3)4)30(45)39-27-31(46)44-28(24(19-52-32(27)44)54-20-55-25-17-37-43-41-25)33(47)50-29(21-12-8-6-9-13-21)22-14-10-7-11-15-22/h5-15,17-18,27,29,32H,1,16,19-20H2,2-4H3,(H,39,45)(H,37,41,43)(H,38,40,48)/t27-,32+/m1/s1. The zero-order valence-electron chi connectivity index (χ0n) is 29.8. The maximum atomic E-state index is 14.3. The summed E-state index contributed by atoms with van der Waals surface area (Å²) < 4.78 is 11.5. The Bertz CT molecular complexity index is 2030. The molecule has 2 aliphatic heterocycles. The Morgan fingerprint density at radius 2 is 1.82 bits per heavy atom. The number of anilines is 1. The molecule has 1 saturated heterocycles. The fourth-order valence-corrected chi connectivity index (χ4v) is 9.51. The van der Waals surface area contributed by atoms with E-state index >= 15 is 0 Å². The first kappa shape index (κ1) is 39.6. The van der Waals surface area contributed by atoms with Crippen molar-refractivity contribution in [2.24, 2.45) is 5.16 Å². The number of amides is 3. The second kappa shape index (κ2) is 18.0. The molecule has 2 aliphatic rings. The Balaban J connectivity index is 1.23. The molecule has 19 heteroatoms. The Morgan fingerprint density at radius 1 is 1.11 bits per heavy atom. The molecular weight excluding hydrogens is 785 g/mol. The number of nitrogens with zero attached hydrogens (tertiary/aromatic N) is 5. The number of H-pyrrole nitrogens is 1. The van der Waals surface area contributed by atoms with Gasteiger partial charge in [0.2, 0.25) is 0 Å². The lowest BCUT2D eigenvalue weighted by Gasteiger charge is -2.49. The number of carbonyl (C=O) groups is 4. The van der Waals surface area contributed by atoms with Crippen LogP contribution in [0.15, 0.2) is 106 Å². The van der Waals surface area contributed by atoms with Crippen LogP contribution in [0.25, 0.3) is 0 Å². The normalized spacial score (nSPS) is 16.9. The molecule has 0 bridgehead atoms. The third-order valence-electron chi connectivity index (χ3n) is 7.59. The van der Waals surface area contributed by atoms with E-state index < -0.39 is 47.0 Å². The van der Waals surface area contributed by atoms with Gasteiger partial charge < -0.3 is 19.6 Å². The molecule has 2 atom stereocenters. The summed E-state index contributed by atoms with van der Waals surface area (Å²) >= 11 is 5.27. The van der Waals surface area contributed by atoms with E-state index in [1.807, 2.05) is 60.7 Å². The molecule has 2 aromatic heterocycles. The summed E-state index contributed by atoms with van der Waals surface area (Å²) in [7, 11) is 0. The van der Waals surface area contributed by atoms with Gasteiger partial charge in [-0.05, 0) is 31.9 Å². The van der Waals surface area contributed by atoms with Gasteiger partial charge in [-0.25, -0.2) is 14.6 Å². The van der Waals surface area contributed by atoms with E-state index in [0.717, 1.165) is 22.5 Å². The molecule has 0 spiro atoms. The smallest absolute Gasteiger partial charge is 0.413 e. The molecule has 4 aromatic rings. The zero-order chi connectivity index (χ0) is 39.0. The minimum Gasteiger partial charge on any atom is -0.448 e. The van der Waals surface area contributed by atoms with Crippen molar-refractivity contribution < 1.29 is 33.5 Å². The Labute approximate surface area is 333 Å². The average Bonchev–Trinajstić information content (AvgIpc) is 3.86. The van der Waals surface area contributed by atoms with Crippen molar-refractivity contribution in [3.63, 3.8) is 0 Å². The molecule has 3 N–H and O–H groups in total. The van der Waals surface area contributed by atoms with Crippen molar-refractivity contribution in [1.82, 2.24) is 30.6 Å². The van der Waals surface area contributed by atoms with Crippen LogP contribution in [0.1, 0.15) is 43.7 Å². The van der Waals surface area contributed by atoms with Crippen molar-refractivity contribution >= 4 is 81.3 Å². The molecule has 6 rings (SSSR count). The van der Waals surface area contributed by atoms with Gasteiger partial charge in [0.25, 0.3) is 11.8 Å². The molecule has 2 aromatic carbocycles. The zero-order valence-corrected chi connectivity index (χ0v) is 33.1. The fraction of sp³-hybridized carbons (Fsp3) is 0.278. The largest absolute Gasteiger partial charge is 0.448 e. The minimum atomic E-state index is -1.02. The van der Waals surface area contributed by atoms with E-state index in [-0.39, 0.29) is 28.8 Å². The van der Waals surface area contributed by atoms with Crippen LogP contribution in [0, 0.1) is 0 Å². The highest BCUT2D eigenvalue weighted by Crippen LogP contribution is 2.45. The lowest BCUT2D eigenvalue weighted by Crippen LogP contribution is -2.71. The van der Waals surface area contributed by atoms with E-state index in [4.69, 9.17) is 14.3 Å². The van der Waals surface area contributed by atoms with Gasteiger partial charge in [0.15, 0.2) is 16.9 Å². The van der Waals surface area contributed by atoms with Crippen molar-refractivity contribution in [2.75, 3.05) is 22.8 Å². The van der Waals surface area contributed by atoms with Crippen LogP contribution < -0.4 is 10.6 Å². The summed E-state index contributed by atoms with van der Waals surface area (Å²) in [6.07, 6.45) is 1.58. The number of rotatable bonds is 15. The van der Waals surface area contributed by atoms with Gasteiger partial charge in [-0.1, -0.05) is 90.2 Å². The number of aromatic amines is 1. The quantitative estimate of drug-likeness (QED) is 0.0187. The van der Waals surface area contributed by atoms with Crippen molar-refractivity contribution in [1.29, 1.82) is 0 Å². The van der Waals surface area contributed by atoms with E-state index in [9.17, 15) is 19.2 Å². The number of hydrogen-bond donors (Lipinski definition) is 3. The number of hydrogen-bond acceptors (Lipinski definition) is 15. The van der Waals surface area contributed by atoms with Crippen LogP contribution in [0.2, 0.25) is 0 Å². The van der Waals surface area contributed by atoms with E-state index in [0.29, 0.717) is 20.8 Å². The van der Waals surface area contributed by atoms with Crippen LogP contribution in [0.3, 0.4) is 0 Å². The molecule has 55 heavy (non-hydrogen) atoms. The molecule has 0 radical (unpaired) electrons. The van der Waals surface area contributed by atoms with Crippen LogP contribution in [-0.4, -0.2) is 89.3 Å². The molecule has 4 heterocycles. The van der Waals surface area contributed by atoms with Crippen LogP contribution in [0.5, 0.6) is 0 Å². The molecular formula is C36H36N8O7S4. The lowest BCUT2D eigenvalue weighted by atomic mass is 10.0. The molecule has 286 valence electrons. The van der Waals surface area contributed by atoms with Crippen molar-refractivity contribution in [3.05, 3.63) is 112 Å². The summed E-state index contributed by atoms with van der Waals surface area (Å²) in [6, 6.07) is 17.7. The van der Waals surface area contributed by atoms with Gasteiger partial charge in [0.1, 0.15) is 40.0 Å². The molecule has 15 nitrogen and oxygen atoms in total. The number of thiazole rings is 1. The molecule has 3 amide bonds. The number of β-lactam (4-membered cyclic amide) rings is 1. The maximum Gasteiger partial charge on any atom is 0.413 e. The van der Waals surface area contributed by atoms with E-state index in [2.05, 4.69) is 42.8 Å². The van der Waals surface area contributed by atoms with Gasteiger partial charge in [-0.15, -0.1) is 40.0 Å². The van der Waals surface area contributed by atoms with Gasteiger partial charge in [-0.2, -0.15) is 10.3 Å². The number of benzene rings is 2. The van der Waals surface area contributed by atoms with Crippen molar-refractivity contribution in [3.8, 4) is 0 Å². The second-order valence-electron chi connectivity index (χ2n) is 12.6. The number of fused-ring (bicyclic) bond motifs is 1. The van der Waals surface area contributed by atoms with Crippen LogP contribution >= 0.6 is 46.6 Å². The number of thioether (sulfide) groups is 3. The van der Waals surface area contributed by atoms with E-state index in [1.165, 1.54) is 51.6 Å². The van der Waals surface area contributed by atoms with Gasteiger partial charge in [0, 0.05) is 16.0 Å². The number of oxime groups is 1. The lowest BCUT2D eigenvalue weighted by molar-refractivity contribution is -0.154. The summed E-state index contributed by atoms with van der Waals surface area (Å²) in [5, 5.41) is 22.0. The van der Waals surface area contributed by atoms with Crippen LogP contribution in [0.4, 0.5) is 9.93 Å². The summed E-state index contributed by atoms with van der Waals surface area (Å²) in [5.41, 5.74) is 0.769. The summed E-state index contributed by atoms with van der Waals surface area (Å²) in [6.45, 7) is 8.79. The Kier molecular flexibility index (Phi) is 13.0. The van der Waals surface area contributed by atoms with Gasteiger partial charge in [0.05, 0.1) is 11.3 Å². The number of carbonyl (C=O) groups excluding carboxylic acids is 4. The molecule has 0 saturated carbocycles. The highest BCUT2D eigenvalue weighted by molar-refractivity contribution is 8.18. The number of esters is 1. The number of ether oxygens (including phenoxy) is 2. The highest BCUT2D eigenvalue weighted by Gasteiger charge is 2.55.